The molecule has 0 aliphatic heterocycles. The molecule has 0 heterocycles. The minimum absolute atomic E-state index is 0.0364. The van der Waals surface area contributed by atoms with Crippen LogP contribution in [0.2, 0.25) is 0 Å². The molecule has 0 atom stereocenters. The molecule has 0 radical (unpaired) electrons. The zero-order valence-electron chi connectivity index (χ0n) is 22.6. The Morgan fingerprint density at radius 2 is 1.22 bits per heavy atom. The summed E-state index contributed by atoms with van der Waals surface area (Å²) in [6.45, 7) is 7.30. The molecule has 3 aromatic carbocycles. The van der Waals surface area contributed by atoms with E-state index < -0.39 is 24.5 Å². The maximum atomic E-state index is 12.5. The van der Waals surface area contributed by atoms with Crippen LogP contribution in [-0.4, -0.2) is 56.0 Å². The molecule has 0 aliphatic rings. The Morgan fingerprint density at radius 3 is 1.80 bits per heavy atom. The highest BCUT2D eigenvalue weighted by atomic mass is 16.6. The summed E-state index contributed by atoms with van der Waals surface area (Å²) < 4.78 is 26.5. The first-order valence-electron chi connectivity index (χ1n) is 12.9. The maximum Gasteiger partial charge on any atom is 0.343 e. The number of aliphatic hydroxyl groups is 1. The molecule has 9 heteroatoms. The highest BCUT2D eigenvalue weighted by Gasteiger charge is 2.10. The third kappa shape index (κ3) is 10.3. The first kappa shape index (κ1) is 30.6. The van der Waals surface area contributed by atoms with Crippen molar-refractivity contribution in [1.29, 1.82) is 0 Å². The molecule has 0 saturated carbocycles. The number of esters is 3. The summed E-state index contributed by atoms with van der Waals surface area (Å²) >= 11 is 0. The Bertz CT molecular complexity index is 1310. The standard InChI is InChI=1S/C32H32O9/c1-3-30(34)39-21-20-38-28-14-10-26(11-15-28)32(36)41-29-16-8-25(9-17-29)24-6-12-27(13-7-24)37-18-4-5-19-40-31(35)23(2)22-33/h3,6-17,33H,1-2,4-5,18-22H2. The van der Waals surface area contributed by atoms with Crippen LogP contribution >= 0.6 is 0 Å². The fraction of sp³-hybridized carbons (Fsp3) is 0.219. The van der Waals surface area contributed by atoms with E-state index >= 15 is 0 Å². The molecular weight excluding hydrogens is 528 g/mol. The normalized spacial score (nSPS) is 10.3. The quantitative estimate of drug-likeness (QED) is 0.113. The molecule has 0 aromatic heterocycles. The fourth-order valence-electron chi connectivity index (χ4n) is 3.40. The molecule has 0 bridgehead atoms. The summed E-state index contributed by atoms with van der Waals surface area (Å²) in [7, 11) is 0. The summed E-state index contributed by atoms with van der Waals surface area (Å²) in [6, 6.07) is 21.2. The van der Waals surface area contributed by atoms with Gasteiger partial charge in [0.25, 0.3) is 0 Å². The van der Waals surface area contributed by atoms with Gasteiger partial charge in [0.1, 0.15) is 30.5 Å². The molecule has 1 N–H and O–H groups in total. The average molecular weight is 561 g/mol. The topological polar surface area (TPSA) is 118 Å². The van der Waals surface area contributed by atoms with E-state index in [9.17, 15) is 14.4 Å². The second kappa shape index (κ2) is 16.3. The number of aliphatic hydroxyl groups excluding tert-OH is 1. The minimum Gasteiger partial charge on any atom is -0.494 e. The van der Waals surface area contributed by atoms with Gasteiger partial charge in [-0.25, -0.2) is 14.4 Å². The number of hydrogen-bond donors (Lipinski definition) is 1. The van der Waals surface area contributed by atoms with Gasteiger partial charge in [-0.15, -0.1) is 0 Å². The van der Waals surface area contributed by atoms with E-state index in [-0.39, 0.29) is 25.4 Å². The van der Waals surface area contributed by atoms with Crippen LogP contribution in [0.4, 0.5) is 0 Å². The summed E-state index contributed by atoms with van der Waals surface area (Å²) in [6.07, 6.45) is 2.42. The molecule has 9 nitrogen and oxygen atoms in total. The van der Waals surface area contributed by atoms with E-state index in [0.29, 0.717) is 36.5 Å². The summed E-state index contributed by atoms with van der Waals surface area (Å²) in [5.74, 6) is 0.0565. The Balaban J connectivity index is 1.40. The molecule has 3 rings (SSSR count). The fourth-order valence-corrected chi connectivity index (χ4v) is 3.40. The molecule has 0 fully saturated rings. The van der Waals surface area contributed by atoms with Crippen molar-refractivity contribution in [3.63, 3.8) is 0 Å². The summed E-state index contributed by atoms with van der Waals surface area (Å²) in [4.78, 5) is 35.0. The number of unbranched alkanes of at least 4 members (excludes halogenated alkanes) is 1. The molecular formula is C32H32O9. The number of benzene rings is 3. The van der Waals surface area contributed by atoms with Crippen LogP contribution in [0, 0.1) is 0 Å². The molecule has 41 heavy (non-hydrogen) atoms. The van der Waals surface area contributed by atoms with Crippen LogP contribution in [-0.2, 0) is 19.1 Å². The van der Waals surface area contributed by atoms with Gasteiger partial charge in [0, 0.05) is 6.08 Å². The lowest BCUT2D eigenvalue weighted by Crippen LogP contribution is -2.11. The minimum atomic E-state index is -0.588. The number of rotatable bonds is 16. The van der Waals surface area contributed by atoms with E-state index in [4.69, 9.17) is 28.8 Å². The van der Waals surface area contributed by atoms with Gasteiger partial charge >= 0.3 is 17.9 Å². The molecule has 0 aliphatic carbocycles. The molecule has 0 saturated heterocycles. The number of ether oxygens (including phenoxy) is 5. The van der Waals surface area contributed by atoms with Crippen molar-refractivity contribution < 1.29 is 43.2 Å². The van der Waals surface area contributed by atoms with Crippen LogP contribution in [0.1, 0.15) is 23.2 Å². The predicted octanol–water partition coefficient (Wildman–Crippen LogP) is 4.93. The number of carbonyl (C=O) groups is 3. The Morgan fingerprint density at radius 1 is 0.683 bits per heavy atom. The lowest BCUT2D eigenvalue weighted by atomic mass is 10.1. The van der Waals surface area contributed by atoms with Gasteiger partial charge in [-0.1, -0.05) is 37.4 Å². The van der Waals surface area contributed by atoms with Gasteiger partial charge < -0.3 is 28.8 Å². The largest absolute Gasteiger partial charge is 0.494 e. The van der Waals surface area contributed by atoms with E-state index in [0.717, 1.165) is 23.0 Å². The van der Waals surface area contributed by atoms with Crippen LogP contribution < -0.4 is 14.2 Å². The van der Waals surface area contributed by atoms with Crippen molar-refractivity contribution in [1.82, 2.24) is 0 Å². The lowest BCUT2D eigenvalue weighted by Gasteiger charge is -2.09. The van der Waals surface area contributed by atoms with Crippen molar-refractivity contribution in [2.75, 3.05) is 33.0 Å². The third-order valence-corrected chi connectivity index (χ3v) is 5.63. The molecule has 0 spiro atoms. The maximum absolute atomic E-state index is 12.5. The van der Waals surface area contributed by atoms with Crippen LogP contribution in [0.15, 0.2) is 97.6 Å². The van der Waals surface area contributed by atoms with Gasteiger partial charge in [0.15, 0.2) is 0 Å². The smallest absolute Gasteiger partial charge is 0.343 e. The predicted molar refractivity (Wildman–Crippen MR) is 152 cm³/mol. The zero-order valence-corrected chi connectivity index (χ0v) is 22.6. The van der Waals surface area contributed by atoms with Crippen molar-refractivity contribution in [2.45, 2.75) is 12.8 Å². The zero-order chi connectivity index (χ0) is 29.5. The average Bonchev–Trinajstić information content (AvgIpc) is 3.01. The second-order valence-electron chi connectivity index (χ2n) is 8.64. The van der Waals surface area contributed by atoms with Gasteiger partial charge in [-0.2, -0.15) is 0 Å². The molecule has 214 valence electrons. The van der Waals surface area contributed by atoms with Crippen LogP contribution in [0.3, 0.4) is 0 Å². The van der Waals surface area contributed by atoms with E-state index in [1.54, 1.807) is 36.4 Å². The lowest BCUT2D eigenvalue weighted by molar-refractivity contribution is -0.140. The highest BCUT2D eigenvalue weighted by molar-refractivity contribution is 5.91. The Labute approximate surface area is 238 Å². The summed E-state index contributed by atoms with van der Waals surface area (Å²) in [5.41, 5.74) is 2.32. The van der Waals surface area contributed by atoms with E-state index in [2.05, 4.69) is 13.2 Å². The van der Waals surface area contributed by atoms with Gasteiger partial charge in [-0.05, 0) is 72.5 Å². The monoisotopic (exact) mass is 560 g/mol. The highest BCUT2D eigenvalue weighted by Crippen LogP contribution is 2.25. The van der Waals surface area contributed by atoms with Crippen molar-refractivity contribution in [3.8, 4) is 28.4 Å². The summed E-state index contributed by atoms with van der Waals surface area (Å²) in [5, 5.41) is 8.84. The molecule has 0 unspecified atom stereocenters. The van der Waals surface area contributed by atoms with Crippen molar-refractivity contribution in [2.24, 2.45) is 0 Å². The van der Waals surface area contributed by atoms with Gasteiger partial charge in [0.05, 0.1) is 31.0 Å². The second-order valence-corrected chi connectivity index (χ2v) is 8.64. The molecule has 3 aromatic rings. The number of hydrogen-bond acceptors (Lipinski definition) is 9. The van der Waals surface area contributed by atoms with E-state index in [1.165, 1.54) is 0 Å². The van der Waals surface area contributed by atoms with E-state index in [1.807, 2.05) is 36.4 Å². The van der Waals surface area contributed by atoms with Crippen LogP contribution in [0.25, 0.3) is 11.1 Å². The van der Waals surface area contributed by atoms with Crippen molar-refractivity contribution >= 4 is 17.9 Å². The SMILES string of the molecule is C=CC(=O)OCCOc1ccc(C(=O)Oc2ccc(-c3ccc(OCCCCOC(=O)C(=C)CO)cc3)cc2)cc1. The number of carbonyl (C=O) groups excluding carboxylic acids is 3. The Kier molecular flexibility index (Phi) is 12.2. The van der Waals surface area contributed by atoms with Crippen molar-refractivity contribution in [3.05, 3.63) is 103 Å². The Hall–Kier alpha value is -4.89. The first-order chi connectivity index (χ1) is 19.9. The third-order valence-electron chi connectivity index (χ3n) is 5.63. The van der Waals surface area contributed by atoms with Gasteiger partial charge in [-0.3, -0.25) is 0 Å². The van der Waals surface area contributed by atoms with Crippen LogP contribution in [0.5, 0.6) is 17.2 Å². The first-order valence-corrected chi connectivity index (χ1v) is 12.9. The molecule has 0 amide bonds. The van der Waals surface area contributed by atoms with Gasteiger partial charge in [0.2, 0.25) is 0 Å².